The first kappa shape index (κ1) is 31.0. The Kier molecular flexibility index (Phi) is 9.04. The van der Waals surface area contributed by atoms with Gasteiger partial charge in [-0.25, -0.2) is 14.5 Å². The van der Waals surface area contributed by atoms with Gasteiger partial charge in [0.25, 0.3) is 5.91 Å². The molecule has 0 radical (unpaired) electrons. The van der Waals surface area contributed by atoms with Crippen LogP contribution in [0.3, 0.4) is 0 Å². The van der Waals surface area contributed by atoms with Crippen LogP contribution in [0, 0.1) is 6.92 Å². The molecule has 0 atom stereocenters. The van der Waals surface area contributed by atoms with E-state index in [1.165, 1.54) is 25.1 Å². The highest BCUT2D eigenvalue weighted by molar-refractivity contribution is 6.05. The molecule has 228 valence electrons. The summed E-state index contributed by atoms with van der Waals surface area (Å²) in [6.07, 6.45) is -2.19. The third-order valence-corrected chi connectivity index (χ3v) is 6.51. The van der Waals surface area contributed by atoms with E-state index in [1.807, 2.05) is 20.8 Å². The predicted molar refractivity (Wildman–Crippen MR) is 152 cm³/mol. The molecule has 0 saturated heterocycles. The van der Waals surface area contributed by atoms with Gasteiger partial charge < -0.3 is 24.7 Å². The molecule has 0 bridgehead atoms. The zero-order valence-corrected chi connectivity index (χ0v) is 24.3. The normalized spacial score (nSPS) is 11.5. The number of rotatable bonds is 9. The van der Waals surface area contributed by atoms with Crippen molar-refractivity contribution in [2.45, 2.75) is 39.5 Å². The fourth-order valence-electron chi connectivity index (χ4n) is 4.23. The van der Waals surface area contributed by atoms with Gasteiger partial charge in [0.05, 0.1) is 49.2 Å². The number of anilines is 2. The van der Waals surface area contributed by atoms with Crippen LogP contribution in [0.4, 0.5) is 29.6 Å². The number of imidazole rings is 1. The van der Waals surface area contributed by atoms with Gasteiger partial charge in [0.1, 0.15) is 11.4 Å². The number of amides is 2. The van der Waals surface area contributed by atoms with Gasteiger partial charge in [-0.1, -0.05) is 25.1 Å². The van der Waals surface area contributed by atoms with Gasteiger partial charge in [-0.15, -0.1) is 5.10 Å². The zero-order valence-electron chi connectivity index (χ0n) is 24.3. The third kappa shape index (κ3) is 6.94. The lowest BCUT2D eigenvalue weighted by Crippen LogP contribution is -2.23. The van der Waals surface area contributed by atoms with Crippen molar-refractivity contribution in [3.05, 3.63) is 65.0 Å². The van der Waals surface area contributed by atoms with Crippen molar-refractivity contribution in [3.8, 4) is 22.8 Å². The summed E-state index contributed by atoms with van der Waals surface area (Å²) < 4.78 is 54.3. The molecule has 2 aromatic carbocycles. The van der Waals surface area contributed by atoms with E-state index >= 15 is 0 Å². The molecule has 2 heterocycles. The van der Waals surface area contributed by atoms with E-state index in [-0.39, 0.29) is 41.1 Å². The van der Waals surface area contributed by atoms with E-state index in [4.69, 9.17) is 4.74 Å². The average molecular weight is 601 g/mol. The fourth-order valence-corrected chi connectivity index (χ4v) is 4.23. The van der Waals surface area contributed by atoms with E-state index < -0.39 is 23.7 Å². The molecule has 0 fully saturated rings. The highest BCUT2D eigenvalue weighted by Crippen LogP contribution is 2.38. The molecule has 0 spiro atoms. The van der Waals surface area contributed by atoms with E-state index in [0.29, 0.717) is 17.1 Å². The Morgan fingerprint density at radius 2 is 1.84 bits per heavy atom. The number of nitrogens with zero attached hydrogens (tertiary/aromatic N) is 5. The number of carbonyl (C=O) groups is 2. The number of alkyl halides is 3. The third-order valence-electron chi connectivity index (χ3n) is 6.51. The molecule has 3 N–H and O–H groups in total. The lowest BCUT2D eigenvalue weighted by atomic mass is 10.1. The first-order valence-electron chi connectivity index (χ1n) is 13.1. The van der Waals surface area contributed by atoms with Gasteiger partial charge in [-0.3, -0.25) is 10.1 Å². The minimum absolute atomic E-state index is 0.0111. The SMILES string of the molecule is COC(=O)Nc1ncc(-c2cn(-c3cc(C(=O)Nc4cc(C(F)(F)F)cc(CNC(C)C)c4OC)ccc3C)nn2)n1C. The molecular formula is C28H31F3N8O4. The first-order valence-corrected chi connectivity index (χ1v) is 13.1. The van der Waals surface area contributed by atoms with Crippen molar-refractivity contribution >= 4 is 23.6 Å². The molecule has 12 nitrogen and oxygen atoms in total. The van der Waals surface area contributed by atoms with Gasteiger partial charge in [0.2, 0.25) is 5.95 Å². The van der Waals surface area contributed by atoms with E-state index in [1.54, 1.807) is 36.0 Å². The second-order valence-corrected chi connectivity index (χ2v) is 9.90. The number of hydrogen-bond donors (Lipinski definition) is 3. The van der Waals surface area contributed by atoms with Crippen molar-refractivity contribution in [1.29, 1.82) is 0 Å². The smallest absolute Gasteiger partial charge is 0.416 e. The molecule has 43 heavy (non-hydrogen) atoms. The minimum Gasteiger partial charge on any atom is -0.494 e. The van der Waals surface area contributed by atoms with E-state index in [9.17, 15) is 22.8 Å². The Balaban J connectivity index is 1.64. The molecule has 0 unspecified atom stereocenters. The van der Waals surface area contributed by atoms with Crippen molar-refractivity contribution in [3.63, 3.8) is 0 Å². The fraction of sp³-hybridized carbons (Fsp3) is 0.321. The summed E-state index contributed by atoms with van der Waals surface area (Å²) in [7, 11) is 4.25. The van der Waals surface area contributed by atoms with Crippen LogP contribution in [0.1, 0.15) is 40.9 Å². The summed E-state index contributed by atoms with van der Waals surface area (Å²) in [5, 5.41) is 16.5. The standard InChI is InChI=1S/C28H31F3N8O4/c1-15(2)32-12-18-9-19(28(29,30)31)11-20(24(18)42-5)34-25(40)17-8-7-16(3)22(10-17)39-14-21(36-37-39)23-13-33-26(38(23)4)35-27(41)43-6/h7-11,13-15,32H,12H2,1-6H3,(H,34,40)(H,33,35,41). The highest BCUT2D eigenvalue weighted by Gasteiger charge is 2.33. The summed E-state index contributed by atoms with van der Waals surface area (Å²) in [6, 6.07) is 6.67. The van der Waals surface area contributed by atoms with Gasteiger partial charge in [0.15, 0.2) is 0 Å². The maximum Gasteiger partial charge on any atom is 0.416 e. The Morgan fingerprint density at radius 3 is 2.49 bits per heavy atom. The van der Waals surface area contributed by atoms with Crippen molar-refractivity contribution in [2.75, 3.05) is 24.9 Å². The molecule has 2 amide bonds. The molecule has 4 rings (SSSR count). The first-order chi connectivity index (χ1) is 20.3. The van der Waals surface area contributed by atoms with Crippen LogP contribution in [0.15, 0.2) is 42.7 Å². The summed E-state index contributed by atoms with van der Waals surface area (Å²) in [5.41, 5.74) is 1.64. The van der Waals surface area contributed by atoms with E-state index in [2.05, 4.69) is 36.0 Å². The molecule has 0 aliphatic heterocycles. The number of nitrogens with one attached hydrogen (secondary N) is 3. The average Bonchev–Trinajstić information content (AvgIpc) is 3.57. The van der Waals surface area contributed by atoms with Crippen LogP contribution in [0.5, 0.6) is 5.75 Å². The minimum atomic E-state index is -4.63. The molecular weight excluding hydrogens is 569 g/mol. The van der Waals surface area contributed by atoms with Crippen LogP contribution in [0.25, 0.3) is 17.1 Å². The number of aryl methyl sites for hydroxylation is 1. The highest BCUT2D eigenvalue weighted by atomic mass is 19.4. The van der Waals surface area contributed by atoms with Crippen molar-refractivity contribution in [1.82, 2.24) is 29.9 Å². The molecule has 0 saturated carbocycles. The molecule has 0 aliphatic rings. The lowest BCUT2D eigenvalue weighted by Gasteiger charge is -2.19. The number of aromatic nitrogens is 5. The summed E-state index contributed by atoms with van der Waals surface area (Å²) >= 11 is 0. The van der Waals surface area contributed by atoms with Gasteiger partial charge in [0, 0.05) is 30.8 Å². The van der Waals surface area contributed by atoms with Gasteiger partial charge in [-0.05, 0) is 36.8 Å². The van der Waals surface area contributed by atoms with Crippen molar-refractivity contribution in [2.24, 2.45) is 7.05 Å². The lowest BCUT2D eigenvalue weighted by molar-refractivity contribution is -0.137. The summed E-state index contributed by atoms with van der Waals surface area (Å²) in [4.78, 5) is 29.1. The molecule has 15 heteroatoms. The van der Waals surface area contributed by atoms with Crippen LogP contribution in [-0.4, -0.2) is 56.8 Å². The summed E-state index contributed by atoms with van der Waals surface area (Å²) in [5.74, 6) is -0.286. The van der Waals surface area contributed by atoms with Crippen LogP contribution >= 0.6 is 0 Å². The molecule has 2 aromatic heterocycles. The van der Waals surface area contributed by atoms with E-state index in [0.717, 1.165) is 17.7 Å². The van der Waals surface area contributed by atoms with Crippen LogP contribution < -0.4 is 20.7 Å². The Bertz CT molecular complexity index is 1650. The molecule has 4 aromatic rings. The second-order valence-electron chi connectivity index (χ2n) is 9.90. The number of halogens is 3. The van der Waals surface area contributed by atoms with Gasteiger partial charge in [-0.2, -0.15) is 13.2 Å². The summed E-state index contributed by atoms with van der Waals surface area (Å²) in [6.45, 7) is 5.65. The number of ether oxygens (including phenoxy) is 2. The van der Waals surface area contributed by atoms with Crippen LogP contribution in [0.2, 0.25) is 0 Å². The number of benzene rings is 2. The Hall–Kier alpha value is -4.92. The topological polar surface area (TPSA) is 137 Å². The number of methoxy groups -OCH3 is 2. The number of hydrogen-bond acceptors (Lipinski definition) is 8. The maximum atomic E-state index is 13.7. The largest absolute Gasteiger partial charge is 0.494 e. The van der Waals surface area contributed by atoms with Crippen LogP contribution in [-0.2, 0) is 24.5 Å². The monoisotopic (exact) mass is 600 g/mol. The van der Waals surface area contributed by atoms with Crippen molar-refractivity contribution < 1.29 is 32.2 Å². The van der Waals surface area contributed by atoms with Gasteiger partial charge >= 0.3 is 12.3 Å². The Labute approximate surface area is 245 Å². The predicted octanol–water partition coefficient (Wildman–Crippen LogP) is 4.93. The number of carbonyl (C=O) groups excluding carboxylic acids is 2. The quantitative estimate of drug-likeness (QED) is 0.246. The zero-order chi connectivity index (χ0) is 31.5. The molecule has 0 aliphatic carbocycles. The maximum absolute atomic E-state index is 13.7. The Morgan fingerprint density at radius 1 is 1.09 bits per heavy atom. The second kappa shape index (κ2) is 12.5.